The fourth-order valence-corrected chi connectivity index (χ4v) is 3.51. The number of nitro groups is 1. The van der Waals surface area contributed by atoms with E-state index in [9.17, 15) is 20.0 Å². The maximum absolute atomic E-state index is 12.2. The number of anilines is 1. The van der Waals surface area contributed by atoms with Crippen LogP contribution in [0.1, 0.15) is 17.3 Å². The van der Waals surface area contributed by atoms with E-state index >= 15 is 0 Å². The average molecular weight is 429 g/mol. The number of β-amino-alcohol motifs (C(OH)–C–C–N with tert-alkyl or cyclic N) is 1. The van der Waals surface area contributed by atoms with Crippen molar-refractivity contribution in [1.29, 1.82) is 0 Å². The largest absolute Gasteiger partial charge is 0.491 e. The lowest BCUT2D eigenvalue weighted by molar-refractivity contribution is -0.384. The van der Waals surface area contributed by atoms with Crippen LogP contribution in [0.15, 0.2) is 48.5 Å². The minimum Gasteiger partial charge on any atom is -0.491 e. The van der Waals surface area contributed by atoms with E-state index in [1.165, 1.54) is 24.3 Å². The Morgan fingerprint density at radius 3 is 2.45 bits per heavy atom. The zero-order valence-corrected chi connectivity index (χ0v) is 17.5. The third kappa shape index (κ3) is 6.16. The maximum Gasteiger partial charge on any atom is 0.340 e. The van der Waals surface area contributed by atoms with E-state index in [1.807, 2.05) is 18.2 Å². The molecule has 1 atom stereocenters. The molecule has 0 aliphatic carbocycles. The summed E-state index contributed by atoms with van der Waals surface area (Å²) in [5, 5.41) is 21.0. The van der Waals surface area contributed by atoms with Crippen molar-refractivity contribution in [3.8, 4) is 5.75 Å². The molecule has 0 aromatic heterocycles. The number of esters is 1. The van der Waals surface area contributed by atoms with Crippen LogP contribution < -0.4 is 9.64 Å². The fraction of sp³-hybridized carbons (Fsp3) is 0.409. The monoisotopic (exact) mass is 429 g/mol. The summed E-state index contributed by atoms with van der Waals surface area (Å²) in [7, 11) is 0. The predicted molar refractivity (Wildman–Crippen MR) is 116 cm³/mol. The fourth-order valence-electron chi connectivity index (χ4n) is 3.51. The van der Waals surface area contributed by atoms with Crippen LogP contribution in [0.25, 0.3) is 0 Å². The average Bonchev–Trinajstić information content (AvgIpc) is 2.78. The van der Waals surface area contributed by atoms with E-state index in [0.717, 1.165) is 31.9 Å². The molecule has 1 heterocycles. The number of piperazine rings is 1. The number of non-ortho nitro benzene ring substituents is 1. The van der Waals surface area contributed by atoms with Crippen LogP contribution in [-0.2, 0) is 4.74 Å². The Morgan fingerprint density at radius 1 is 1.13 bits per heavy atom. The zero-order valence-electron chi connectivity index (χ0n) is 17.5. The van der Waals surface area contributed by atoms with Crippen LogP contribution in [-0.4, -0.2) is 72.9 Å². The first-order valence-corrected chi connectivity index (χ1v) is 10.3. The second kappa shape index (κ2) is 10.7. The van der Waals surface area contributed by atoms with E-state index in [-0.39, 0.29) is 18.3 Å². The van der Waals surface area contributed by atoms with Gasteiger partial charge in [-0.3, -0.25) is 15.0 Å². The molecule has 1 aliphatic rings. The van der Waals surface area contributed by atoms with Gasteiger partial charge in [0.25, 0.3) is 5.69 Å². The molecular weight excluding hydrogens is 402 g/mol. The van der Waals surface area contributed by atoms with Crippen LogP contribution in [0.2, 0.25) is 0 Å². The second-order valence-electron chi connectivity index (χ2n) is 7.24. The summed E-state index contributed by atoms with van der Waals surface area (Å²) in [5.74, 6) is 0.157. The van der Waals surface area contributed by atoms with Gasteiger partial charge in [-0.25, -0.2) is 4.79 Å². The zero-order chi connectivity index (χ0) is 22.2. The highest BCUT2D eigenvalue weighted by atomic mass is 16.6. The molecule has 0 saturated carbocycles. The molecule has 2 aromatic rings. The van der Waals surface area contributed by atoms with Crippen molar-refractivity contribution in [2.24, 2.45) is 0 Å². The molecule has 1 fully saturated rings. The number of ether oxygens (including phenoxy) is 2. The van der Waals surface area contributed by atoms with Crippen LogP contribution in [0.3, 0.4) is 0 Å². The van der Waals surface area contributed by atoms with Crippen molar-refractivity contribution in [1.82, 2.24) is 4.90 Å². The highest BCUT2D eigenvalue weighted by Gasteiger charge is 2.23. The van der Waals surface area contributed by atoms with Crippen molar-refractivity contribution in [3.63, 3.8) is 0 Å². The SMILES string of the molecule is CCOC(=O)c1ccccc1N1CCN(CC(O)COc2ccc([N+](=O)[O-])cc2)CC1. The Hall–Kier alpha value is -3.17. The van der Waals surface area contributed by atoms with Gasteiger partial charge in [0.15, 0.2) is 0 Å². The van der Waals surface area contributed by atoms with Crippen molar-refractivity contribution < 1.29 is 24.3 Å². The normalized spacial score (nSPS) is 15.4. The number of carbonyl (C=O) groups excluding carboxylic acids is 1. The Balaban J connectivity index is 1.47. The van der Waals surface area contributed by atoms with Crippen molar-refractivity contribution >= 4 is 17.3 Å². The molecule has 31 heavy (non-hydrogen) atoms. The number of hydrogen-bond acceptors (Lipinski definition) is 8. The third-order valence-corrected chi connectivity index (χ3v) is 5.07. The van der Waals surface area contributed by atoms with Gasteiger partial charge < -0.3 is 19.5 Å². The first-order valence-electron chi connectivity index (χ1n) is 10.3. The summed E-state index contributed by atoms with van der Waals surface area (Å²) in [6.45, 7) is 5.62. The number of benzene rings is 2. The van der Waals surface area contributed by atoms with Crippen LogP contribution in [0.4, 0.5) is 11.4 Å². The Morgan fingerprint density at radius 2 is 1.81 bits per heavy atom. The standard InChI is InChI=1S/C22H27N3O6/c1-2-30-22(27)20-5-3-4-6-21(20)24-13-11-23(12-14-24)15-18(26)16-31-19-9-7-17(8-10-19)25(28)29/h3-10,18,26H,2,11-16H2,1H3. The molecular formula is C22H27N3O6. The molecule has 3 rings (SSSR count). The molecule has 1 saturated heterocycles. The highest BCUT2D eigenvalue weighted by Crippen LogP contribution is 2.23. The first-order chi connectivity index (χ1) is 15.0. The Kier molecular flexibility index (Phi) is 7.80. The molecule has 0 spiro atoms. The van der Waals surface area contributed by atoms with Crippen molar-refractivity contribution in [2.75, 3.05) is 50.8 Å². The predicted octanol–water partition coefficient (Wildman–Crippen LogP) is 2.33. The molecule has 0 amide bonds. The molecule has 9 nitrogen and oxygen atoms in total. The van der Waals surface area contributed by atoms with Gasteiger partial charge in [-0.15, -0.1) is 0 Å². The van der Waals surface area contributed by atoms with Gasteiger partial charge in [-0.1, -0.05) is 12.1 Å². The highest BCUT2D eigenvalue weighted by molar-refractivity contribution is 5.95. The first kappa shape index (κ1) is 22.5. The molecule has 166 valence electrons. The number of para-hydroxylation sites is 1. The van der Waals surface area contributed by atoms with Crippen LogP contribution in [0, 0.1) is 10.1 Å². The Bertz CT molecular complexity index is 881. The molecule has 2 aromatic carbocycles. The van der Waals surface area contributed by atoms with Gasteiger partial charge in [0.05, 0.1) is 22.8 Å². The molecule has 9 heteroatoms. The number of carbonyl (C=O) groups is 1. The Labute approximate surface area is 180 Å². The molecule has 1 aliphatic heterocycles. The second-order valence-corrected chi connectivity index (χ2v) is 7.24. The van der Waals surface area contributed by atoms with Crippen LogP contribution >= 0.6 is 0 Å². The quantitative estimate of drug-likeness (QED) is 0.368. The molecule has 0 bridgehead atoms. The molecule has 1 N–H and O–H groups in total. The number of nitrogens with zero attached hydrogens (tertiary/aromatic N) is 3. The lowest BCUT2D eigenvalue weighted by Crippen LogP contribution is -2.49. The molecule has 1 unspecified atom stereocenters. The molecule has 0 radical (unpaired) electrons. The lowest BCUT2D eigenvalue weighted by Gasteiger charge is -2.37. The smallest absolute Gasteiger partial charge is 0.340 e. The van der Waals surface area contributed by atoms with Gasteiger partial charge in [0.1, 0.15) is 18.5 Å². The number of nitro benzene ring substituents is 1. The summed E-state index contributed by atoms with van der Waals surface area (Å²) < 4.78 is 10.7. The topological polar surface area (TPSA) is 105 Å². The van der Waals surface area contributed by atoms with E-state index in [2.05, 4.69) is 9.80 Å². The van der Waals surface area contributed by atoms with Gasteiger partial charge in [-0.2, -0.15) is 0 Å². The number of hydrogen-bond donors (Lipinski definition) is 1. The summed E-state index contributed by atoms with van der Waals surface area (Å²) in [4.78, 5) is 26.7. The van der Waals surface area contributed by atoms with Gasteiger partial charge >= 0.3 is 5.97 Å². The van der Waals surface area contributed by atoms with Crippen molar-refractivity contribution in [3.05, 3.63) is 64.2 Å². The third-order valence-electron chi connectivity index (χ3n) is 5.07. The maximum atomic E-state index is 12.2. The van der Waals surface area contributed by atoms with Crippen LogP contribution in [0.5, 0.6) is 5.75 Å². The number of rotatable bonds is 9. The summed E-state index contributed by atoms with van der Waals surface area (Å²) >= 11 is 0. The summed E-state index contributed by atoms with van der Waals surface area (Å²) in [5.41, 5.74) is 1.42. The van der Waals surface area contributed by atoms with Crippen molar-refractivity contribution in [2.45, 2.75) is 13.0 Å². The van der Waals surface area contributed by atoms with Gasteiger partial charge in [0.2, 0.25) is 0 Å². The number of aliphatic hydroxyl groups is 1. The minimum atomic E-state index is -0.687. The lowest BCUT2D eigenvalue weighted by atomic mass is 10.1. The van der Waals surface area contributed by atoms with Gasteiger partial charge in [0, 0.05) is 44.9 Å². The van der Waals surface area contributed by atoms with E-state index < -0.39 is 11.0 Å². The summed E-state index contributed by atoms with van der Waals surface area (Å²) in [6.07, 6.45) is -0.687. The van der Waals surface area contributed by atoms with E-state index in [0.29, 0.717) is 24.5 Å². The van der Waals surface area contributed by atoms with E-state index in [4.69, 9.17) is 9.47 Å². The minimum absolute atomic E-state index is 0.00435. The van der Waals surface area contributed by atoms with E-state index in [1.54, 1.807) is 13.0 Å². The van der Waals surface area contributed by atoms with Gasteiger partial charge in [-0.05, 0) is 31.2 Å². The summed E-state index contributed by atoms with van der Waals surface area (Å²) in [6, 6.07) is 13.2. The number of aliphatic hydroxyl groups excluding tert-OH is 1.